The van der Waals surface area contributed by atoms with Crippen molar-refractivity contribution < 1.29 is 22.8 Å². The SMILES string of the molecule is CC/C=C(\Br)N1C(=O)N(c2ccc(Br)cc2)C(=O)C1(C)C(F)(F)F. The number of hydrogen-bond donors (Lipinski definition) is 0. The number of nitrogens with zero attached hydrogens (tertiary/aromatic N) is 2. The number of benzene rings is 1. The minimum Gasteiger partial charge on any atom is -0.271 e. The van der Waals surface area contributed by atoms with Crippen molar-refractivity contribution in [2.45, 2.75) is 32.0 Å². The van der Waals surface area contributed by atoms with E-state index in [1.807, 2.05) is 0 Å². The van der Waals surface area contributed by atoms with Crippen LogP contribution in [0.2, 0.25) is 0 Å². The molecule has 2 rings (SSSR count). The highest BCUT2D eigenvalue weighted by atomic mass is 79.9. The van der Waals surface area contributed by atoms with Crippen molar-refractivity contribution in [2.24, 2.45) is 0 Å². The molecule has 0 bridgehead atoms. The minimum atomic E-state index is -4.94. The van der Waals surface area contributed by atoms with E-state index in [-0.39, 0.29) is 10.3 Å². The van der Waals surface area contributed by atoms with Gasteiger partial charge in [0, 0.05) is 4.47 Å². The molecule has 0 radical (unpaired) electrons. The highest BCUT2D eigenvalue weighted by Gasteiger charge is 2.69. The first kappa shape index (κ1) is 19.0. The van der Waals surface area contributed by atoms with E-state index in [0.717, 1.165) is 0 Å². The van der Waals surface area contributed by atoms with Crippen molar-refractivity contribution in [1.29, 1.82) is 0 Å². The molecule has 0 spiro atoms. The van der Waals surface area contributed by atoms with Crippen LogP contribution in [0.5, 0.6) is 0 Å². The van der Waals surface area contributed by atoms with Crippen molar-refractivity contribution in [3.8, 4) is 0 Å². The fourth-order valence-electron chi connectivity index (χ4n) is 2.32. The summed E-state index contributed by atoms with van der Waals surface area (Å²) < 4.78 is 41.6. The maximum absolute atomic E-state index is 13.7. The molecule has 1 aliphatic heterocycles. The number of anilines is 1. The number of carbonyl (C=O) groups excluding carboxylic acids is 2. The van der Waals surface area contributed by atoms with Gasteiger partial charge in [-0.3, -0.25) is 9.69 Å². The van der Waals surface area contributed by atoms with Crippen LogP contribution in [0.25, 0.3) is 0 Å². The molecule has 1 heterocycles. The lowest BCUT2D eigenvalue weighted by Crippen LogP contribution is -2.57. The summed E-state index contributed by atoms with van der Waals surface area (Å²) in [5, 5.41) is 0. The summed E-state index contributed by atoms with van der Waals surface area (Å²) in [6.07, 6.45) is -3.14. The molecule has 0 aliphatic carbocycles. The Morgan fingerprint density at radius 3 is 2.25 bits per heavy atom. The summed E-state index contributed by atoms with van der Waals surface area (Å²) in [4.78, 5) is 26.2. The maximum Gasteiger partial charge on any atom is 0.421 e. The average molecular weight is 470 g/mol. The molecule has 130 valence electrons. The van der Waals surface area contributed by atoms with Gasteiger partial charge in [0.15, 0.2) is 0 Å². The number of alkyl halides is 3. The van der Waals surface area contributed by atoms with Crippen LogP contribution in [0.3, 0.4) is 0 Å². The first-order chi connectivity index (χ1) is 11.1. The number of imide groups is 1. The van der Waals surface area contributed by atoms with E-state index in [4.69, 9.17) is 0 Å². The summed E-state index contributed by atoms with van der Waals surface area (Å²) in [5.74, 6) is -1.34. The Hall–Kier alpha value is -1.35. The number of rotatable bonds is 3. The Morgan fingerprint density at radius 2 is 1.79 bits per heavy atom. The van der Waals surface area contributed by atoms with Gasteiger partial charge >= 0.3 is 12.2 Å². The van der Waals surface area contributed by atoms with Gasteiger partial charge in [-0.1, -0.05) is 28.9 Å². The van der Waals surface area contributed by atoms with Gasteiger partial charge in [-0.25, -0.2) is 9.69 Å². The molecule has 1 aromatic rings. The van der Waals surface area contributed by atoms with Gasteiger partial charge in [-0.15, -0.1) is 0 Å². The molecular formula is C15H13Br2F3N2O2. The Kier molecular flexibility index (Phi) is 5.15. The zero-order chi connectivity index (χ0) is 18.3. The van der Waals surface area contributed by atoms with Crippen molar-refractivity contribution >= 4 is 49.5 Å². The predicted octanol–water partition coefficient (Wildman–Crippen LogP) is 5.19. The number of hydrogen-bond acceptors (Lipinski definition) is 2. The van der Waals surface area contributed by atoms with Crippen molar-refractivity contribution in [2.75, 3.05) is 4.90 Å². The summed E-state index contributed by atoms with van der Waals surface area (Å²) in [7, 11) is 0. The second-order valence-corrected chi connectivity index (χ2v) is 6.97. The van der Waals surface area contributed by atoms with E-state index in [9.17, 15) is 22.8 Å². The van der Waals surface area contributed by atoms with Crippen LogP contribution in [-0.4, -0.2) is 28.6 Å². The first-order valence-electron chi connectivity index (χ1n) is 6.92. The van der Waals surface area contributed by atoms with Crippen LogP contribution < -0.4 is 4.90 Å². The van der Waals surface area contributed by atoms with Crippen LogP contribution in [0, 0.1) is 0 Å². The molecule has 1 atom stereocenters. The minimum absolute atomic E-state index is 0.0722. The van der Waals surface area contributed by atoms with Gasteiger partial charge in [0.25, 0.3) is 5.91 Å². The number of halogens is 5. The molecule has 4 nitrogen and oxygen atoms in total. The highest BCUT2D eigenvalue weighted by Crippen LogP contribution is 2.46. The number of urea groups is 1. The fourth-order valence-corrected chi connectivity index (χ4v) is 3.42. The Morgan fingerprint density at radius 1 is 1.25 bits per heavy atom. The lowest BCUT2D eigenvalue weighted by Gasteiger charge is -2.32. The smallest absolute Gasteiger partial charge is 0.271 e. The molecule has 1 aromatic carbocycles. The monoisotopic (exact) mass is 468 g/mol. The maximum atomic E-state index is 13.7. The van der Waals surface area contributed by atoms with E-state index < -0.39 is 23.7 Å². The number of carbonyl (C=O) groups is 2. The zero-order valence-electron chi connectivity index (χ0n) is 12.7. The van der Waals surface area contributed by atoms with Crippen LogP contribution >= 0.6 is 31.9 Å². The predicted molar refractivity (Wildman–Crippen MR) is 90.6 cm³/mol. The normalized spacial score (nSPS) is 22.5. The summed E-state index contributed by atoms with van der Waals surface area (Å²) in [6, 6.07) is 4.83. The summed E-state index contributed by atoms with van der Waals surface area (Å²) in [6.45, 7) is 2.41. The quantitative estimate of drug-likeness (QED) is 0.451. The zero-order valence-corrected chi connectivity index (χ0v) is 15.9. The van der Waals surface area contributed by atoms with Gasteiger partial charge in [0.1, 0.15) is 0 Å². The standard InChI is InChI=1S/C15H13Br2F3N2O2/c1-3-4-11(17)22-13(24)21(10-7-5-9(16)6-8-10)12(23)14(22,2)15(18,19)20/h4-8H,3H2,1-2H3/b11-4+. The molecule has 0 aromatic heterocycles. The van der Waals surface area contributed by atoms with Gasteiger partial charge in [0.05, 0.1) is 10.3 Å². The van der Waals surface area contributed by atoms with Crippen LogP contribution in [0.1, 0.15) is 20.3 Å². The third kappa shape index (κ3) is 2.88. The van der Waals surface area contributed by atoms with E-state index in [2.05, 4.69) is 31.9 Å². The summed E-state index contributed by atoms with van der Waals surface area (Å²) in [5.41, 5.74) is -2.91. The van der Waals surface area contributed by atoms with Crippen molar-refractivity contribution in [3.63, 3.8) is 0 Å². The van der Waals surface area contributed by atoms with E-state index >= 15 is 0 Å². The first-order valence-corrected chi connectivity index (χ1v) is 8.51. The third-order valence-electron chi connectivity index (χ3n) is 3.67. The fraction of sp³-hybridized carbons (Fsp3) is 0.333. The molecule has 0 saturated carbocycles. The molecule has 1 aliphatic rings. The van der Waals surface area contributed by atoms with Crippen molar-refractivity contribution in [3.05, 3.63) is 39.4 Å². The van der Waals surface area contributed by atoms with Gasteiger partial charge in [-0.05, 0) is 53.5 Å². The molecule has 24 heavy (non-hydrogen) atoms. The molecule has 9 heteroatoms. The van der Waals surface area contributed by atoms with E-state index in [1.54, 1.807) is 19.1 Å². The molecule has 0 N–H and O–H groups in total. The molecule has 1 saturated heterocycles. The Bertz CT molecular complexity index is 704. The second-order valence-electron chi connectivity index (χ2n) is 5.24. The topological polar surface area (TPSA) is 40.6 Å². The van der Waals surface area contributed by atoms with E-state index in [1.165, 1.54) is 18.2 Å². The lowest BCUT2D eigenvalue weighted by atomic mass is 10.00. The van der Waals surface area contributed by atoms with E-state index in [0.29, 0.717) is 27.6 Å². The van der Waals surface area contributed by atoms with Gasteiger partial charge in [-0.2, -0.15) is 13.2 Å². The van der Waals surface area contributed by atoms with Crippen LogP contribution in [0.15, 0.2) is 39.4 Å². The third-order valence-corrected chi connectivity index (χ3v) is 4.88. The van der Waals surface area contributed by atoms with Gasteiger partial charge in [0.2, 0.25) is 5.54 Å². The number of amides is 3. The lowest BCUT2D eigenvalue weighted by molar-refractivity contribution is -0.204. The van der Waals surface area contributed by atoms with Gasteiger partial charge < -0.3 is 0 Å². The highest BCUT2D eigenvalue weighted by molar-refractivity contribution is 9.11. The molecule has 1 fully saturated rings. The molecular weight excluding hydrogens is 457 g/mol. The number of allylic oxidation sites excluding steroid dienone is 1. The second kappa shape index (κ2) is 6.51. The Labute approximate surface area is 153 Å². The largest absolute Gasteiger partial charge is 0.421 e. The van der Waals surface area contributed by atoms with Crippen LogP contribution in [0.4, 0.5) is 23.7 Å². The molecule has 1 unspecified atom stereocenters. The average Bonchev–Trinajstić information content (AvgIpc) is 2.68. The Balaban J connectivity index is 2.62. The van der Waals surface area contributed by atoms with Crippen molar-refractivity contribution in [1.82, 2.24) is 4.90 Å². The molecule has 3 amide bonds. The summed E-state index contributed by atoms with van der Waals surface area (Å²) >= 11 is 6.19. The van der Waals surface area contributed by atoms with Crippen LogP contribution in [-0.2, 0) is 4.79 Å².